The number of halogens is 1. The van der Waals surface area contributed by atoms with Crippen molar-refractivity contribution in [1.29, 1.82) is 0 Å². The Morgan fingerprint density at radius 1 is 0.885 bits per heavy atom. The van der Waals surface area contributed by atoms with Crippen LogP contribution in [0.2, 0.25) is 0 Å². The van der Waals surface area contributed by atoms with E-state index in [1.165, 1.54) is 6.07 Å². The standard InChI is InChI=1S/C22H16FN2O/c23-21-9-5-4-6-18(21)16-26-20-12-10-17(11-13-20)22-14-15-25(24-22)19-7-2-1-3-8-19/h1-13,15H,16H2. The number of para-hydroxylation sites is 1. The van der Waals surface area contributed by atoms with Gasteiger partial charge in [0.05, 0.1) is 5.69 Å². The minimum Gasteiger partial charge on any atom is -0.489 e. The summed E-state index contributed by atoms with van der Waals surface area (Å²) in [6.45, 7) is 0.195. The van der Waals surface area contributed by atoms with Gasteiger partial charge in [-0.25, -0.2) is 9.07 Å². The van der Waals surface area contributed by atoms with Crippen LogP contribution < -0.4 is 4.74 Å². The summed E-state index contributed by atoms with van der Waals surface area (Å²) in [4.78, 5) is 0. The van der Waals surface area contributed by atoms with E-state index in [0.717, 1.165) is 16.9 Å². The van der Waals surface area contributed by atoms with Crippen LogP contribution in [0.15, 0.2) is 85.1 Å². The topological polar surface area (TPSA) is 27.1 Å². The van der Waals surface area contributed by atoms with Gasteiger partial charge in [0, 0.05) is 23.4 Å². The Kier molecular flexibility index (Phi) is 4.48. The third kappa shape index (κ3) is 3.49. The van der Waals surface area contributed by atoms with E-state index in [9.17, 15) is 4.39 Å². The van der Waals surface area contributed by atoms with Gasteiger partial charge in [-0.1, -0.05) is 36.4 Å². The van der Waals surface area contributed by atoms with Crippen LogP contribution in [-0.2, 0) is 6.61 Å². The van der Waals surface area contributed by atoms with Gasteiger partial charge in [-0.05, 0) is 42.5 Å². The Hall–Kier alpha value is -3.40. The van der Waals surface area contributed by atoms with Crippen molar-refractivity contribution in [3.63, 3.8) is 0 Å². The van der Waals surface area contributed by atoms with Crippen molar-refractivity contribution < 1.29 is 9.13 Å². The minimum absolute atomic E-state index is 0.195. The molecule has 3 nitrogen and oxygen atoms in total. The summed E-state index contributed by atoms with van der Waals surface area (Å²) in [5, 5.41) is 4.56. The molecule has 0 amide bonds. The van der Waals surface area contributed by atoms with Crippen molar-refractivity contribution >= 4 is 0 Å². The molecule has 0 aliphatic rings. The molecule has 0 saturated heterocycles. The van der Waals surface area contributed by atoms with E-state index in [4.69, 9.17) is 4.74 Å². The van der Waals surface area contributed by atoms with E-state index >= 15 is 0 Å². The van der Waals surface area contributed by atoms with E-state index in [1.807, 2.05) is 60.8 Å². The zero-order chi connectivity index (χ0) is 17.8. The molecule has 1 heterocycles. The SMILES string of the molecule is Fc1ccccc1COc1ccc(-c2[c]cn(-c3ccccc3)n2)cc1. The highest BCUT2D eigenvalue weighted by atomic mass is 19.1. The zero-order valence-electron chi connectivity index (χ0n) is 14.0. The molecule has 1 radical (unpaired) electrons. The molecule has 0 aliphatic heterocycles. The van der Waals surface area contributed by atoms with Crippen LogP contribution >= 0.6 is 0 Å². The fraction of sp³-hybridized carbons (Fsp3) is 0.0455. The van der Waals surface area contributed by atoms with E-state index in [-0.39, 0.29) is 12.4 Å². The number of aromatic nitrogens is 2. The average molecular weight is 343 g/mol. The predicted molar refractivity (Wildman–Crippen MR) is 98.6 cm³/mol. The lowest BCUT2D eigenvalue weighted by molar-refractivity contribution is 0.300. The number of nitrogens with zero attached hydrogens (tertiary/aromatic N) is 2. The van der Waals surface area contributed by atoms with E-state index in [0.29, 0.717) is 11.3 Å². The Balaban J connectivity index is 1.46. The summed E-state index contributed by atoms with van der Waals surface area (Å²) >= 11 is 0. The van der Waals surface area contributed by atoms with Crippen LogP contribution in [0.1, 0.15) is 5.56 Å². The molecule has 0 unspecified atom stereocenters. The highest BCUT2D eigenvalue weighted by Gasteiger charge is 2.06. The molecule has 0 aliphatic carbocycles. The molecule has 0 N–H and O–H groups in total. The minimum atomic E-state index is -0.259. The first-order valence-corrected chi connectivity index (χ1v) is 8.29. The molecule has 3 aromatic carbocycles. The van der Waals surface area contributed by atoms with E-state index in [1.54, 1.807) is 22.9 Å². The summed E-state index contributed by atoms with van der Waals surface area (Å²) in [5.74, 6) is 0.421. The number of hydrogen-bond acceptors (Lipinski definition) is 2. The second-order valence-electron chi connectivity index (χ2n) is 5.81. The van der Waals surface area contributed by atoms with Crippen LogP contribution in [0.3, 0.4) is 0 Å². The lowest BCUT2D eigenvalue weighted by Crippen LogP contribution is -1.98. The smallest absolute Gasteiger partial charge is 0.129 e. The maximum atomic E-state index is 13.6. The van der Waals surface area contributed by atoms with Gasteiger partial charge in [0.15, 0.2) is 0 Å². The van der Waals surface area contributed by atoms with Gasteiger partial charge >= 0.3 is 0 Å². The molecule has 4 rings (SSSR count). The van der Waals surface area contributed by atoms with Gasteiger partial charge in [0.2, 0.25) is 0 Å². The first-order chi connectivity index (χ1) is 12.8. The highest BCUT2D eigenvalue weighted by molar-refractivity contribution is 5.59. The number of ether oxygens (including phenoxy) is 1. The Morgan fingerprint density at radius 2 is 1.62 bits per heavy atom. The van der Waals surface area contributed by atoms with Crippen LogP contribution in [0.4, 0.5) is 4.39 Å². The molecular weight excluding hydrogens is 327 g/mol. The van der Waals surface area contributed by atoms with Crippen LogP contribution in [0.5, 0.6) is 5.75 Å². The number of benzene rings is 3. The lowest BCUT2D eigenvalue weighted by Gasteiger charge is -2.07. The van der Waals surface area contributed by atoms with Crippen molar-refractivity contribution in [1.82, 2.24) is 9.78 Å². The molecule has 1 aromatic heterocycles. The molecule has 4 aromatic rings. The summed E-state index contributed by atoms with van der Waals surface area (Å²) < 4.78 is 21.1. The maximum Gasteiger partial charge on any atom is 0.129 e. The molecule has 0 saturated carbocycles. The fourth-order valence-electron chi connectivity index (χ4n) is 2.63. The highest BCUT2D eigenvalue weighted by Crippen LogP contribution is 2.22. The predicted octanol–water partition coefficient (Wildman–Crippen LogP) is 5.06. The Labute approximate surface area is 151 Å². The molecule has 4 heteroatoms. The molecule has 0 spiro atoms. The molecule has 0 fully saturated rings. The van der Waals surface area contributed by atoms with Gasteiger partial charge in [-0.2, -0.15) is 5.10 Å². The third-order valence-electron chi connectivity index (χ3n) is 4.03. The van der Waals surface area contributed by atoms with Crippen molar-refractivity contribution in [2.24, 2.45) is 0 Å². The summed E-state index contributed by atoms with van der Waals surface area (Å²) in [7, 11) is 0. The largest absolute Gasteiger partial charge is 0.489 e. The Bertz CT molecular complexity index is 994. The van der Waals surface area contributed by atoms with Crippen molar-refractivity contribution in [3.8, 4) is 22.7 Å². The number of rotatable bonds is 5. The fourth-order valence-corrected chi connectivity index (χ4v) is 2.63. The van der Waals surface area contributed by atoms with Gasteiger partial charge in [-0.3, -0.25) is 0 Å². The van der Waals surface area contributed by atoms with Crippen molar-refractivity contribution in [2.45, 2.75) is 6.61 Å². The first-order valence-electron chi connectivity index (χ1n) is 8.29. The second kappa shape index (κ2) is 7.23. The molecule has 0 bridgehead atoms. The Morgan fingerprint density at radius 3 is 2.38 bits per heavy atom. The van der Waals surface area contributed by atoms with E-state index < -0.39 is 0 Å². The molecule has 127 valence electrons. The van der Waals surface area contributed by atoms with E-state index in [2.05, 4.69) is 11.2 Å². The van der Waals surface area contributed by atoms with Gasteiger partial charge in [-0.15, -0.1) is 0 Å². The normalized spacial score (nSPS) is 10.7. The molecule has 26 heavy (non-hydrogen) atoms. The van der Waals surface area contributed by atoms with Gasteiger partial charge < -0.3 is 4.74 Å². The quantitative estimate of drug-likeness (QED) is 0.506. The first kappa shape index (κ1) is 16.1. The average Bonchev–Trinajstić information content (AvgIpc) is 3.19. The van der Waals surface area contributed by atoms with Gasteiger partial charge in [0.1, 0.15) is 23.9 Å². The van der Waals surface area contributed by atoms with Crippen molar-refractivity contribution in [3.05, 3.63) is 103 Å². The summed E-state index contributed by atoms with van der Waals surface area (Å²) in [5.41, 5.74) is 3.22. The molecule has 0 atom stereocenters. The van der Waals surface area contributed by atoms with Crippen LogP contribution in [0, 0.1) is 11.9 Å². The zero-order valence-corrected chi connectivity index (χ0v) is 14.0. The lowest BCUT2D eigenvalue weighted by atomic mass is 10.1. The second-order valence-corrected chi connectivity index (χ2v) is 5.81. The summed E-state index contributed by atoms with van der Waals surface area (Å²) in [6, 6.07) is 27.2. The van der Waals surface area contributed by atoms with Crippen LogP contribution in [0.25, 0.3) is 16.9 Å². The monoisotopic (exact) mass is 343 g/mol. The maximum absolute atomic E-state index is 13.6. The summed E-state index contributed by atoms with van der Waals surface area (Å²) in [6.07, 6.45) is 1.81. The number of hydrogen-bond donors (Lipinski definition) is 0. The van der Waals surface area contributed by atoms with Gasteiger partial charge in [0.25, 0.3) is 0 Å². The third-order valence-corrected chi connectivity index (χ3v) is 4.03. The van der Waals surface area contributed by atoms with Crippen molar-refractivity contribution in [2.75, 3.05) is 0 Å². The molecular formula is C22H16FN2O. The van der Waals surface area contributed by atoms with Crippen LogP contribution in [-0.4, -0.2) is 9.78 Å².